The van der Waals surface area contributed by atoms with E-state index < -0.39 is 0 Å². The Morgan fingerprint density at radius 3 is 2.60 bits per heavy atom. The maximum Gasteiger partial charge on any atom is 0.305 e. The largest absolute Gasteiger partial charge is 0.464 e. The van der Waals surface area contributed by atoms with Gasteiger partial charge in [0.2, 0.25) is 0 Å². The van der Waals surface area contributed by atoms with Gasteiger partial charge in [0.1, 0.15) is 6.61 Å². The van der Waals surface area contributed by atoms with Gasteiger partial charge in [0, 0.05) is 18.5 Å². The van der Waals surface area contributed by atoms with E-state index in [2.05, 4.69) is 18.9 Å². The van der Waals surface area contributed by atoms with Crippen molar-refractivity contribution in [2.75, 3.05) is 13.7 Å². The predicted molar refractivity (Wildman–Crippen MR) is 60.7 cm³/mol. The number of rotatable bonds is 5. The number of hydrogen-bond acceptors (Lipinski definition) is 3. The molecule has 0 aliphatic heterocycles. The highest BCUT2D eigenvalue weighted by Gasteiger charge is 2.23. The van der Waals surface area contributed by atoms with Crippen molar-refractivity contribution in [3.8, 4) is 0 Å². The summed E-state index contributed by atoms with van der Waals surface area (Å²) in [5.74, 6) is -0.0957. The fraction of sp³-hybridized carbons (Fsp3) is 0.917. The fourth-order valence-electron chi connectivity index (χ4n) is 2.10. The first-order valence-electron chi connectivity index (χ1n) is 6.02. The SMILES string of the molecule is CCC(=O)OCC(C)N(C)C1CCCC1. The minimum Gasteiger partial charge on any atom is -0.464 e. The zero-order valence-electron chi connectivity index (χ0n) is 10.2. The van der Waals surface area contributed by atoms with E-state index in [4.69, 9.17) is 4.74 Å². The van der Waals surface area contributed by atoms with Crippen molar-refractivity contribution in [1.29, 1.82) is 0 Å². The summed E-state index contributed by atoms with van der Waals surface area (Å²) in [7, 11) is 2.14. The molecule has 1 rings (SSSR count). The van der Waals surface area contributed by atoms with E-state index in [-0.39, 0.29) is 5.97 Å². The van der Waals surface area contributed by atoms with Gasteiger partial charge < -0.3 is 4.74 Å². The monoisotopic (exact) mass is 213 g/mol. The molecule has 1 fully saturated rings. The first kappa shape index (κ1) is 12.5. The molecule has 0 radical (unpaired) electrons. The molecule has 88 valence electrons. The molecular weight excluding hydrogens is 190 g/mol. The average Bonchev–Trinajstić information content (AvgIpc) is 2.77. The lowest BCUT2D eigenvalue weighted by Crippen LogP contribution is -2.40. The van der Waals surface area contributed by atoms with Crippen LogP contribution in [0.25, 0.3) is 0 Å². The Labute approximate surface area is 92.8 Å². The van der Waals surface area contributed by atoms with Gasteiger partial charge in [-0.2, -0.15) is 0 Å². The molecule has 0 N–H and O–H groups in total. The highest BCUT2D eigenvalue weighted by Crippen LogP contribution is 2.23. The second-order valence-corrected chi connectivity index (χ2v) is 4.49. The topological polar surface area (TPSA) is 29.5 Å². The minimum absolute atomic E-state index is 0.0957. The fourth-order valence-corrected chi connectivity index (χ4v) is 2.10. The molecule has 3 nitrogen and oxygen atoms in total. The Morgan fingerprint density at radius 2 is 2.07 bits per heavy atom. The third-order valence-corrected chi connectivity index (χ3v) is 3.37. The Balaban J connectivity index is 2.25. The Kier molecular flexibility index (Phi) is 5.09. The number of ether oxygens (including phenoxy) is 1. The molecule has 15 heavy (non-hydrogen) atoms. The summed E-state index contributed by atoms with van der Waals surface area (Å²) in [5.41, 5.74) is 0. The summed E-state index contributed by atoms with van der Waals surface area (Å²) < 4.78 is 5.15. The van der Waals surface area contributed by atoms with Crippen LogP contribution in [0, 0.1) is 0 Å². The average molecular weight is 213 g/mol. The second-order valence-electron chi connectivity index (χ2n) is 4.49. The van der Waals surface area contributed by atoms with Gasteiger partial charge in [-0.15, -0.1) is 0 Å². The van der Waals surface area contributed by atoms with Gasteiger partial charge in [-0.25, -0.2) is 0 Å². The molecule has 0 heterocycles. The summed E-state index contributed by atoms with van der Waals surface area (Å²) in [5, 5.41) is 0. The highest BCUT2D eigenvalue weighted by molar-refractivity contribution is 5.68. The van der Waals surface area contributed by atoms with Crippen molar-refractivity contribution in [3.05, 3.63) is 0 Å². The van der Waals surface area contributed by atoms with E-state index in [1.807, 2.05) is 6.92 Å². The van der Waals surface area contributed by atoms with Crippen LogP contribution in [0.4, 0.5) is 0 Å². The van der Waals surface area contributed by atoms with Gasteiger partial charge in [-0.05, 0) is 26.8 Å². The zero-order chi connectivity index (χ0) is 11.3. The second kappa shape index (κ2) is 6.11. The van der Waals surface area contributed by atoms with E-state index >= 15 is 0 Å². The molecule has 1 aliphatic rings. The lowest BCUT2D eigenvalue weighted by molar-refractivity contribution is -0.145. The quantitative estimate of drug-likeness (QED) is 0.656. The van der Waals surface area contributed by atoms with Crippen molar-refractivity contribution in [2.45, 2.75) is 58.0 Å². The molecule has 0 aromatic heterocycles. The summed E-state index contributed by atoms with van der Waals surface area (Å²) in [6.45, 7) is 4.48. The molecule has 0 aromatic rings. The van der Waals surface area contributed by atoms with Crippen molar-refractivity contribution in [3.63, 3.8) is 0 Å². The van der Waals surface area contributed by atoms with Crippen LogP contribution in [-0.2, 0) is 9.53 Å². The number of carbonyl (C=O) groups excluding carboxylic acids is 1. The summed E-state index contributed by atoms with van der Waals surface area (Å²) >= 11 is 0. The first-order chi connectivity index (χ1) is 7.15. The zero-order valence-corrected chi connectivity index (χ0v) is 10.2. The maximum absolute atomic E-state index is 11.0. The number of nitrogens with zero attached hydrogens (tertiary/aromatic N) is 1. The van der Waals surface area contributed by atoms with Crippen LogP contribution in [0.2, 0.25) is 0 Å². The smallest absolute Gasteiger partial charge is 0.305 e. The standard InChI is InChI=1S/C12H23NO2/c1-4-12(14)15-9-10(2)13(3)11-7-5-6-8-11/h10-11H,4-9H2,1-3H3. The van der Waals surface area contributed by atoms with Crippen molar-refractivity contribution < 1.29 is 9.53 Å². The van der Waals surface area contributed by atoms with Gasteiger partial charge in [-0.3, -0.25) is 9.69 Å². The molecular formula is C12H23NO2. The predicted octanol–water partition coefficient (Wildman–Crippen LogP) is 2.20. The molecule has 0 saturated heterocycles. The van der Waals surface area contributed by atoms with Crippen LogP contribution in [-0.4, -0.2) is 36.6 Å². The van der Waals surface area contributed by atoms with Crippen LogP contribution < -0.4 is 0 Å². The first-order valence-corrected chi connectivity index (χ1v) is 6.02. The normalized spacial score (nSPS) is 19.5. The summed E-state index contributed by atoms with van der Waals surface area (Å²) in [4.78, 5) is 13.4. The molecule has 1 atom stereocenters. The number of likely N-dealkylation sites (N-methyl/N-ethyl adjacent to an activating group) is 1. The molecule has 1 aliphatic carbocycles. The van der Waals surface area contributed by atoms with Crippen LogP contribution in [0.3, 0.4) is 0 Å². The minimum atomic E-state index is -0.0957. The van der Waals surface area contributed by atoms with Gasteiger partial charge in [0.05, 0.1) is 0 Å². The van der Waals surface area contributed by atoms with Crippen LogP contribution in [0.1, 0.15) is 46.0 Å². The van der Waals surface area contributed by atoms with Gasteiger partial charge in [0.15, 0.2) is 0 Å². The molecule has 1 unspecified atom stereocenters. The Bertz CT molecular complexity index is 200. The maximum atomic E-state index is 11.0. The lowest BCUT2D eigenvalue weighted by atomic mass is 10.2. The lowest BCUT2D eigenvalue weighted by Gasteiger charge is -2.30. The summed E-state index contributed by atoms with van der Waals surface area (Å²) in [6.07, 6.45) is 5.75. The van der Waals surface area contributed by atoms with Crippen molar-refractivity contribution in [1.82, 2.24) is 4.90 Å². The van der Waals surface area contributed by atoms with E-state index in [1.165, 1.54) is 25.7 Å². The summed E-state index contributed by atoms with van der Waals surface area (Å²) in [6, 6.07) is 1.03. The molecule has 0 amide bonds. The number of esters is 1. The molecule has 3 heteroatoms. The van der Waals surface area contributed by atoms with Gasteiger partial charge in [-0.1, -0.05) is 19.8 Å². The van der Waals surface area contributed by atoms with Crippen LogP contribution >= 0.6 is 0 Å². The van der Waals surface area contributed by atoms with Crippen LogP contribution in [0.15, 0.2) is 0 Å². The third kappa shape index (κ3) is 3.82. The van der Waals surface area contributed by atoms with Crippen LogP contribution in [0.5, 0.6) is 0 Å². The molecule has 0 spiro atoms. The van der Waals surface area contributed by atoms with Gasteiger partial charge in [0.25, 0.3) is 0 Å². The highest BCUT2D eigenvalue weighted by atomic mass is 16.5. The van der Waals surface area contributed by atoms with Gasteiger partial charge >= 0.3 is 5.97 Å². The number of hydrogen-bond donors (Lipinski definition) is 0. The van der Waals surface area contributed by atoms with E-state index in [1.54, 1.807) is 0 Å². The Hall–Kier alpha value is -0.570. The van der Waals surface area contributed by atoms with Crippen molar-refractivity contribution in [2.24, 2.45) is 0 Å². The molecule has 0 bridgehead atoms. The molecule has 1 saturated carbocycles. The third-order valence-electron chi connectivity index (χ3n) is 3.37. The molecule has 0 aromatic carbocycles. The Morgan fingerprint density at radius 1 is 1.47 bits per heavy atom. The van der Waals surface area contributed by atoms with E-state index in [0.717, 1.165) is 0 Å². The van der Waals surface area contributed by atoms with Crippen molar-refractivity contribution >= 4 is 5.97 Å². The van der Waals surface area contributed by atoms with E-state index in [0.29, 0.717) is 25.1 Å². The van der Waals surface area contributed by atoms with E-state index in [9.17, 15) is 4.79 Å². The number of carbonyl (C=O) groups is 1.